The second kappa shape index (κ2) is 6.20. The molecule has 0 spiro atoms. The van der Waals surface area contributed by atoms with Gasteiger partial charge in [0.2, 0.25) is 0 Å². The second-order valence-corrected chi connectivity index (χ2v) is 5.86. The maximum Gasteiger partial charge on any atom is 0.433 e. The minimum absolute atomic E-state index is 0.103. The molecule has 4 rings (SSSR count). The van der Waals surface area contributed by atoms with Gasteiger partial charge in [-0.15, -0.1) is 0 Å². The van der Waals surface area contributed by atoms with E-state index in [9.17, 15) is 13.2 Å². The van der Waals surface area contributed by atoms with E-state index in [-0.39, 0.29) is 18.1 Å². The van der Waals surface area contributed by atoms with Gasteiger partial charge in [-0.1, -0.05) is 11.6 Å². The van der Waals surface area contributed by atoms with Gasteiger partial charge in [0.05, 0.1) is 5.02 Å². The van der Waals surface area contributed by atoms with Crippen LogP contribution in [-0.2, 0) is 12.7 Å². The Morgan fingerprint density at radius 3 is 2.81 bits per heavy atom. The van der Waals surface area contributed by atoms with E-state index in [1.165, 1.54) is 4.52 Å². The van der Waals surface area contributed by atoms with Gasteiger partial charge in [0.25, 0.3) is 5.78 Å². The van der Waals surface area contributed by atoms with Crippen LogP contribution in [0.5, 0.6) is 11.5 Å². The first-order valence-corrected chi connectivity index (χ1v) is 7.89. The van der Waals surface area contributed by atoms with E-state index in [2.05, 4.69) is 20.4 Å². The van der Waals surface area contributed by atoms with Crippen molar-refractivity contribution in [1.29, 1.82) is 0 Å². The third-order valence-electron chi connectivity index (χ3n) is 3.67. The molecule has 11 heteroatoms. The van der Waals surface area contributed by atoms with Crippen molar-refractivity contribution in [2.45, 2.75) is 12.7 Å². The fourth-order valence-electron chi connectivity index (χ4n) is 2.54. The molecule has 0 atom stereocenters. The highest BCUT2D eigenvalue weighted by Crippen LogP contribution is 2.38. The highest BCUT2D eigenvalue weighted by atomic mass is 35.5. The maximum atomic E-state index is 13.0. The Morgan fingerprint density at radius 1 is 1.19 bits per heavy atom. The molecule has 1 N–H and O–H groups in total. The standard InChI is InChI=1S/C15H11ClF3N5O2/c16-9-3-8(4-10-13(9)26-2-1-25-10)6-20-12-5-11(15(17,18)19)23-14-21-7-22-24(12)14/h3-5,7,20H,1-2,6H2. The zero-order valence-corrected chi connectivity index (χ0v) is 13.8. The lowest BCUT2D eigenvalue weighted by Gasteiger charge is -2.20. The number of aromatic nitrogens is 4. The van der Waals surface area contributed by atoms with Gasteiger partial charge in [0.1, 0.15) is 25.4 Å². The third kappa shape index (κ3) is 3.07. The van der Waals surface area contributed by atoms with E-state index < -0.39 is 11.9 Å². The number of hydrogen-bond donors (Lipinski definition) is 1. The number of alkyl halides is 3. The molecule has 0 amide bonds. The molecule has 0 unspecified atom stereocenters. The highest BCUT2D eigenvalue weighted by Gasteiger charge is 2.34. The molecule has 7 nitrogen and oxygen atoms in total. The van der Waals surface area contributed by atoms with Crippen LogP contribution < -0.4 is 14.8 Å². The quantitative estimate of drug-likeness (QED) is 0.746. The number of rotatable bonds is 3. The molecular weight excluding hydrogens is 375 g/mol. The summed E-state index contributed by atoms with van der Waals surface area (Å²) in [4.78, 5) is 7.18. The van der Waals surface area contributed by atoms with Crippen molar-refractivity contribution in [3.63, 3.8) is 0 Å². The average molecular weight is 386 g/mol. The van der Waals surface area contributed by atoms with Crippen molar-refractivity contribution in [3.8, 4) is 11.5 Å². The van der Waals surface area contributed by atoms with Gasteiger partial charge < -0.3 is 14.8 Å². The average Bonchev–Trinajstić information content (AvgIpc) is 3.07. The Kier molecular flexibility index (Phi) is 3.98. The summed E-state index contributed by atoms with van der Waals surface area (Å²) in [5, 5.41) is 7.16. The predicted molar refractivity (Wildman–Crippen MR) is 85.6 cm³/mol. The number of nitrogens with one attached hydrogen (secondary N) is 1. The molecule has 3 heterocycles. The highest BCUT2D eigenvalue weighted by molar-refractivity contribution is 6.32. The van der Waals surface area contributed by atoms with E-state index in [0.717, 1.165) is 12.4 Å². The molecule has 0 radical (unpaired) electrons. The smallest absolute Gasteiger partial charge is 0.433 e. The number of nitrogens with zero attached hydrogens (tertiary/aromatic N) is 4. The molecular formula is C15H11ClF3N5O2. The van der Waals surface area contributed by atoms with E-state index >= 15 is 0 Å². The van der Waals surface area contributed by atoms with E-state index in [1.807, 2.05) is 0 Å². The molecule has 0 saturated carbocycles. The fraction of sp³-hybridized carbons (Fsp3) is 0.267. The van der Waals surface area contributed by atoms with Crippen LogP contribution in [-0.4, -0.2) is 32.8 Å². The minimum Gasteiger partial charge on any atom is -0.486 e. The molecule has 0 aliphatic carbocycles. The zero-order chi connectivity index (χ0) is 18.3. The largest absolute Gasteiger partial charge is 0.486 e. The van der Waals surface area contributed by atoms with Crippen molar-refractivity contribution in [3.05, 3.63) is 40.8 Å². The monoisotopic (exact) mass is 385 g/mol. The van der Waals surface area contributed by atoms with Crippen molar-refractivity contribution in [2.75, 3.05) is 18.5 Å². The Balaban J connectivity index is 1.64. The van der Waals surface area contributed by atoms with Gasteiger partial charge in [0, 0.05) is 12.6 Å². The molecule has 1 aliphatic rings. The van der Waals surface area contributed by atoms with Gasteiger partial charge in [-0.3, -0.25) is 0 Å². The Morgan fingerprint density at radius 2 is 2.00 bits per heavy atom. The Hall–Kier alpha value is -2.75. The predicted octanol–water partition coefficient (Wildman–Crippen LogP) is 3.18. The van der Waals surface area contributed by atoms with Crippen LogP contribution >= 0.6 is 11.6 Å². The van der Waals surface area contributed by atoms with Gasteiger partial charge in [-0.2, -0.15) is 27.8 Å². The number of fused-ring (bicyclic) bond motifs is 2. The normalized spacial score (nSPS) is 13.8. The summed E-state index contributed by atoms with van der Waals surface area (Å²) < 4.78 is 51.2. The number of benzene rings is 1. The van der Waals surface area contributed by atoms with Crippen LogP contribution in [0.3, 0.4) is 0 Å². The lowest BCUT2D eigenvalue weighted by Crippen LogP contribution is -2.16. The van der Waals surface area contributed by atoms with Crippen LogP contribution in [0.25, 0.3) is 5.78 Å². The zero-order valence-electron chi connectivity index (χ0n) is 13.0. The number of hydrogen-bond acceptors (Lipinski definition) is 6. The van der Waals surface area contributed by atoms with E-state index in [1.54, 1.807) is 12.1 Å². The summed E-state index contributed by atoms with van der Waals surface area (Å²) in [5.41, 5.74) is -0.349. The Bertz CT molecular complexity index is 976. The van der Waals surface area contributed by atoms with E-state index in [4.69, 9.17) is 21.1 Å². The van der Waals surface area contributed by atoms with Gasteiger partial charge in [0.15, 0.2) is 17.2 Å². The SMILES string of the molecule is FC(F)(F)c1cc(NCc2cc(Cl)c3c(c2)OCCO3)n2ncnc2n1. The van der Waals surface area contributed by atoms with Crippen LogP contribution in [0.4, 0.5) is 19.0 Å². The number of halogens is 4. The van der Waals surface area contributed by atoms with Crippen LogP contribution in [0.2, 0.25) is 5.02 Å². The summed E-state index contributed by atoms with van der Waals surface area (Å²) in [7, 11) is 0. The van der Waals surface area contributed by atoms with Crippen LogP contribution in [0, 0.1) is 0 Å². The van der Waals surface area contributed by atoms with Gasteiger partial charge in [-0.05, 0) is 17.7 Å². The Labute approximate surface area is 149 Å². The van der Waals surface area contributed by atoms with Crippen LogP contribution in [0.15, 0.2) is 24.5 Å². The molecule has 26 heavy (non-hydrogen) atoms. The van der Waals surface area contributed by atoms with Crippen molar-refractivity contribution < 1.29 is 22.6 Å². The molecule has 2 aromatic heterocycles. The maximum absolute atomic E-state index is 13.0. The molecule has 1 aliphatic heterocycles. The molecule has 1 aromatic carbocycles. The van der Waals surface area contributed by atoms with E-state index in [0.29, 0.717) is 35.3 Å². The lowest BCUT2D eigenvalue weighted by molar-refractivity contribution is -0.141. The molecule has 0 bridgehead atoms. The van der Waals surface area contributed by atoms with Crippen molar-refractivity contribution >= 4 is 23.2 Å². The first-order valence-electron chi connectivity index (χ1n) is 7.52. The number of ether oxygens (including phenoxy) is 2. The second-order valence-electron chi connectivity index (χ2n) is 5.45. The summed E-state index contributed by atoms with van der Waals surface area (Å²) in [6, 6.07) is 4.26. The molecule has 136 valence electrons. The summed E-state index contributed by atoms with van der Waals surface area (Å²) in [6.45, 7) is 0.998. The van der Waals surface area contributed by atoms with Crippen LogP contribution in [0.1, 0.15) is 11.3 Å². The number of anilines is 1. The minimum atomic E-state index is -4.59. The molecule has 0 fully saturated rings. The van der Waals surface area contributed by atoms with Crippen molar-refractivity contribution in [2.24, 2.45) is 0 Å². The summed E-state index contributed by atoms with van der Waals surface area (Å²) >= 11 is 6.17. The third-order valence-corrected chi connectivity index (χ3v) is 3.95. The van der Waals surface area contributed by atoms with Crippen molar-refractivity contribution in [1.82, 2.24) is 19.6 Å². The molecule has 3 aromatic rings. The van der Waals surface area contributed by atoms with Gasteiger partial charge >= 0.3 is 6.18 Å². The lowest BCUT2D eigenvalue weighted by atomic mass is 10.2. The van der Waals surface area contributed by atoms with Gasteiger partial charge in [-0.25, -0.2) is 4.98 Å². The first-order chi connectivity index (χ1) is 12.4. The summed E-state index contributed by atoms with van der Waals surface area (Å²) in [5.74, 6) is 0.911. The topological polar surface area (TPSA) is 73.6 Å². The summed E-state index contributed by atoms with van der Waals surface area (Å²) in [6.07, 6.45) is -3.46. The molecule has 0 saturated heterocycles. The first kappa shape index (κ1) is 16.7. The fourth-order valence-corrected chi connectivity index (χ4v) is 2.83.